The average molecular weight is 545 g/mol. The van der Waals surface area contributed by atoms with E-state index in [9.17, 15) is 24.1 Å². The Morgan fingerprint density at radius 1 is 1.00 bits per heavy atom. The summed E-state index contributed by atoms with van der Waals surface area (Å²) in [7, 11) is 0. The second-order valence-electron chi connectivity index (χ2n) is 9.89. The fraction of sp³-hybridized carbons (Fsp3) is 0.290. The number of carbonyl (C=O) groups excluding carboxylic acids is 2. The summed E-state index contributed by atoms with van der Waals surface area (Å²) in [4.78, 5) is 44.5. The molecule has 0 aliphatic heterocycles. The van der Waals surface area contributed by atoms with E-state index in [4.69, 9.17) is 0 Å². The van der Waals surface area contributed by atoms with Gasteiger partial charge in [-0.1, -0.05) is 49.7 Å². The van der Waals surface area contributed by atoms with Crippen LogP contribution in [0.15, 0.2) is 72.9 Å². The number of benzene rings is 3. The smallest absolute Gasteiger partial charge is 0.273 e. The van der Waals surface area contributed by atoms with Gasteiger partial charge in [-0.3, -0.25) is 19.7 Å². The highest BCUT2D eigenvalue weighted by molar-refractivity contribution is 5.97. The molecule has 0 bridgehead atoms. The van der Waals surface area contributed by atoms with Crippen LogP contribution < -0.4 is 0 Å². The number of aromatic amines is 1. The van der Waals surface area contributed by atoms with Crippen molar-refractivity contribution in [1.29, 1.82) is 0 Å². The minimum absolute atomic E-state index is 0.135. The minimum Gasteiger partial charge on any atom is -0.361 e. The number of rotatable bonds is 12. The van der Waals surface area contributed by atoms with Crippen LogP contribution in [0.5, 0.6) is 0 Å². The maximum absolute atomic E-state index is 13.7. The molecular formula is C31H33FN4O4. The van der Waals surface area contributed by atoms with E-state index in [2.05, 4.69) is 4.98 Å². The van der Waals surface area contributed by atoms with Crippen LogP contribution >= 0.6 is 0 Å². The lowest BCUT2D eigenvalue weighted by atomic mass is 10.1. The molecule has 0 saturated carbocycles. The Hall–Kier alpha value is -4.53. The summed E-state index contributed by atoms with van der Waals surface area (Å²) in [6, 6.07) is 18.3. The molecule has 0 atom stereocenters. The van der Waals surface area contributed by atoms with Crippen molar-refractivity contribution in [3.63, 3.8) is 0 Å². The van der Waals surface area contributed by atoms with E-state index in [1.165, 1.54) is 23.1 Å². The number of unbranched alkanes of at least 4 members (excludes halogenated alkanes) is 1. The van der Waals surface area contributed by atoms with E-state index >= 15 is 0 Å². The highest BCUT2D eigenvalue weighted by Gasteiger charge is 2.24. The zero-order chi connectivity index (χ0) is 28.6. The van der Waals surface area contributed by atoms with Crippen molar-refractivity contribution in [3.8, 4) is 0 Å². The number of hydrogen-bond acceptors (Lipinski definition) is 4. The number of amides is 2. The molecule has 0 saturated heterocycles. The number of nitrogens with zero attached hydrogens (tertiary/aromatic N) is 3. The maximum atomic E-state index is 13.7. The second-order valence-corrected chi connectivity index (χ2v) is 9.89. The Morgan fingerprint density at radius 2 is 1.75 bits per heavy atom. The van der Waals surface area contributed by atoms with E-state index in [0.717, 1.165) is 28.5 Å². The van der Waals surface area contributed by atoms with Gasteiger partial charge in [-0.2, -0.15) is 0 Å². The molecule has 1 aromatic heterocycles. The highest BCUT2D eigenvalue weighted by Crippen LogP contribution is 2.22. The molecule has 0 spiro atoms. The van der Waals surface area contributed by atoms with Crippen molar-refractivity contribution < 1.29 is 18.9 Å². The number of halogens is 1. The van der Waals surface area contributed by atoms with Gasteiger partial charge in [-0.25, -0.2) is 4.39 Å². The van der Waals surface area contributed by atoms with Crippen molar-refractivity contribution in [3.05, 3.63) is 111 Å². The first-order chi connectivity index (χ1) is 19.3. The lowest BCUT2D eigenvalue weighted by Crippen LogP contribution is -2.43. The number of H-pyrrole nitrogens is 1. The van der Waals surface area contributed by atoms with Gasteiger partial charge in [0.2, 0.25) is 5.91 Å². The first-order valence-electron chi connectivity index (χ1n) is 13.4. The summed E-state index contributed by atoms with van der Waals surface area (Å²) in [5.41, 5.74) is 3.35. The molecule has 0 unspecified atom stereocenters. The molecule has 3 aromatic carbocycles. The van der Waals surface area contributed by atoms with Gasteiger partial charge < -0.3 is 14.8 Å². The molecule has 1 N–H and O–H groups in total. The standard InChI is InChI=1S/C31H33FN4O4/c1-3-4-16-35(31(38)24-12-9-22(2)29(18-24)36(39)40)21-30(37)34(20-23-10-13-26(32)14-11-23)17-15-25-19-33-28-8-6-5-7-27(25)28/h5-14,18-19,33H,3-4,15-17,20-21H2,1-2H3. The topological polar surface area (TPSA) is 99.6 Å². The maximum Gasteiger partial charge on any atom is 0.273 e. The molecule has 8 nitrogen and oxygen atoms in total. The highest BCUT2D eigenvalue weighted by atomic mass is 19.1. The van der Waals surface area contributed by atoms with Gasteiger partial charge in [-0.05, 0) is 55.2 Å². The third-order valence-electron chi connectivity index (χ3n) is 7.01. The Bertz CT molecular complexity index is 1500. The quantitative estimate of drug-likeness (QED) is 0.174. The average Bonchev–Trinajstić information content (AvgIpc) is 3.37. The molecule has 0 radical (unpaired) electrons. The van der Waals surface area contributed by atoms with Crippen molar-refractivity contribution in [2.75, 3.05) is 19.6 Å². The SMILES string of the molecule is CCCCN(CC(=O)N(CCc1c[nH]c2ccccc12)Cc1ccc(F)cc1)C(=O)c1ccc(C)c([N+](=O)[O-])c1. The molecule has 4 aromatic rings. The van der Waals surface area contributed by atoms with Crippen molar-refractivity contribution >= 4 is 28.4 Å². The molecule has 0 fully saturated rings. The Morgan fingerprint density at radius 3 is 2.48 bits per heavy atom. The third kappa shape index (κ3) is 6.91. The number of aryl methyl sites for hydroxylation is 1. The van der Waals surface area contributed by atoms with E-state index in [1.807, 2.05) is 37.4 Å². The number of nitrogens with one attached hydrogen (secondary N) is 1. The molecule has 0 aliphatic carbocycles. The van der Waals surface area contributed by atoms with Crippen LogP contribution in [0.4, 0.5) is 10.1 Å². The van der Waals surface area contributed by atoms with Crippen molar-refractivity contribution in [2.24, 2.45) is 0 Å². The number of para-hydroxylation sites is 1. The van der Waals surface area contributed by atoms with Crippen LogP contribution in [0.3, 0.4) is 0 Å². The predicted molar refractivity (Wildman–Crippen MR) is 152 cm³/mol. The lowest BCUT2D eigenvalue weighted by Gasteiger charge is -2.28. The van der Waals surface area contributed by atoms with Gasteiger partial charge in [0.25, 0.3) is 11.6 Å². The summed E-state index contributed by atoms with van der Waals surface area (Å²) < 4.78 is 13.5. The van der Waals surface area contributed by atoms with E-state index in [1.54, 1.807) is 36.1 Å². The van der Waals surface area contributed by atoms with Gasteiger partial charge >= 0.3 is 0 Å². The lowest BCUT2D eigenvalue weighted by molar-refractivity contribution is -0.385. The Labute approximate surface area is 232 Å². The molecule has 4 rings (SSSR count). The molecule has 1 heterocycles. The molecular weight excluding hydrogens is 511 g/mol. The molecule has 208 valence electrons. The molecule has 9 heteroatoms. The Balaban J connectivity index is 1.57. The predicted octanol–water partition coefficient (Wildman–Crippen LogP) is 6.04. The summed E-state index contributed by atoms with van der Waals surface area (Å²) in [5.74, 6) is -1.04. The fourth-order valence-corrected chi connectivity index (χ4v) is 4.68. The summed E-state index contributed by atoms with van der Waals surface area (Å²) >= 11 is 0. The van der Waals surface area contributed by atoms with Gasteiger partial charge in [-0.15, -0.1) is 0 Å². The number of fused-ring (bicyclic) bond motifs is 1. The van der Waals surface area contributed by atoms with E-state index < -0.39 is 10.8 Å². The molecule has 40 heavy (non-hydrogen) atoms. The van der Waals surface area contributed by atoms with E-state index in [-0.39, 0.29) is 36.1 Å². The monoisotopic (exact) mass is 544 g/mol. The summed E-state index contributed by atoms with van der Waals surface area (Å²) in [6.07, 6.45) is 4.02. The normalized spacial score (nSPS) is 11.0. The number of aromatic nitrogens is 1. The zero-order valence-corrected chi connectivity index (χ0v) is 22.7. The van der Waals surface area contributed by atoms with Crippen molar-refractivity contribution in [1.82, 2.24) is 14.8 Å². The van der Waals surface area contributed by atoms with Gasteiger partial charge in [0.1, 0.15) is 12.4 Å². The van der Waals surface area contributed by atoms with Crippen molar-refractivity contribution in [2.45, 2.75) is 39.7 Å². The number of carbonyl (C=O) groups is 2. The van der Waals surface area contributed by atoms with Crippen LogP contribution in [-0.4, -0.2) is 51.2 Å². The van der Waals surface area contributed by atoms with Gasteiger partial charge in [0.15, 0.2) is 0 Å². The molecule has 0 aliphatic rings. The third-order valence-corrected chi connectivity index (χ3v) is 7.01. The van der Waals surface area contributed by atoms with Gasteiger partial charge in [0, 0.05) is 53.9 Å². The van der Waals surface area contributed by atoms with Crippen LogP contribution in [-0.2, 0) is 17.8 Å². The van der Waals surface area contributed by atoms with Crippen LogP contribution in [0.2, 0.25) is 0 Å². The Kier molecular flexibility index (Phi) is 9.27. The number of nitro groups is 1. The van der Waals surface area contributed by atoms with E-state index in [0.29, 0.717) is 31.5 Å². The van der Waals surface area contributed by atoms with Crippen LogP contribution in [0.25, 0.3) is 10.9 Å². The van der Waals surface area contributed by atoms with Crippen LogP contribution in [0, 0.1) is 22.9 Å². The number of nitro benzene ring substituents is 1. The zero-order valence-electron chi connectivity index (χ0n) is 22.7. The summed E-state index contributed by atoms with van der Waals surface area (Å²) in [6.45, 7) is 4.43. The van der Waals surface area contributed by atoms with Crippen LogP contribution in [0.1, 0.15) is 46.8 Å². The molecule has 2 amide bonds. The second kappa shape index (κ2) is 13.0. The minimum atomic E-state index is -0.511. The first-order valence-corrected chi connectivity index (χ1v) is 13.4. The number of hydrogen-bond donors (Lipinski definition) is 1. The first kappa shape index (κ1) is 28.5. The fourth-order valence-electron chi connectivity index (χ4n) is 4.68. The largest absolute Gasteiger partial charge is 0.361 e. The van der Waals surface area contributed by atoms with Gasteiger partial charge in [0.05, 0.1) is 4.92 Å². The summed E-state index contributed by atoms with van der Waals surface area (Å²) in [5, 5.41) is 12.5.